The summed E-state index contributed by atoms with van der Waals surface area (Å²) < 4.78 is 11.9. The van der Waals surface area contributed by atoms with E-state index in [2.05, 4.69) is 29.2 Å². The largest absolute Gasteiger partial charge is 0.490 e. The highest BCUT2D eigenvalue weighted by Gasteiger charge is 2.20. The van der Waals surface area contributed by atoms with E-state index >= 15 is 0 Å². The highest BCUT2D eigenvalue weighted by Crippen LogP contribution is 2.31. The Kier molecular flexibility index (Phi) is 6.56. The van der Waals surface area contributed by atoms with E-state index < -0.39 is 0 Å². The van der Waals surface area contributed by atoms with Crippen molar-refractivity contribution in [3.63, 3.8) is 0 Å². The number of rotatable bonds is 6. The molecule has 0 radical (unpaired) electrons. The van der Waals surface area contributed by atoms with Gasteiger partial charge in [0.25, 0.3) is 0 Å². The minimum Gasteiger partial charge on any atom is -0.490 e. The van der Waals surface area contributed by atoms with Crippen molar-refractivity contribution < 1.29 is 9.47 Å². The molecule has 0 bridgehead atoms. The zero-order valence-electron chi connectivity index (χ0n) is 16.9. The van der Waals surface area contributed by atoms with Gasteiger partial charge < -0.3 is 14.4 Å². The Morgan fingerprint density at radius 1 is 0.967 bits per heavy atom. The number of nitrogens with zero attached hydrogens (tertiary/aromatic N) is 1. The summed E-state index contributed by atoms with van der Waals surface area (Å²) in [7, 11) is 0. The van der Waals surface area contributed by atoms with E-state index in [0.717, 1.165) is 35.6 Å². The molecule has 0 unspecified atom stereocenters. The minimum absolute atomic E-state index is 0.381. The van der Waals surface area contributed by atoms with E-state index in [1.54, 1.807) is 0 Å². The van der Waals surface area contributed by atoms with Gasteiger partial charge in [-0.15, -0.1) is 0 Å². The quantitative estimate of drug-likeness (QED) is 0.437. The van der Waals surface area contributed by atoms with Gasteiger partial charge in [0.05, 0.1) is 6.61 Å². The van der Waals surface area contributed by atoms with E-state index in [-0.39, 0.29) is 0 Å². The lowest BCUT2D eigenvalue weighted by molar-refractivity contribution is 0.269. The van der Waals surface area contributed by atoms with Crippen LogP contribution < -0.4 is 9.47 Å². The maximum absolute atomic E-state index is 6.25. The van der Waals surface area contributed by atoms with Gasteiger partial charge in [-0.25, -0.2) is 0 Å². The van der Waals surface area contributed by atoms with E-state index in [1.807, 2.05) is 49.4 Å². The van der Waals surface area contributed by atoms with Crippen molar-refractivity contribution in [1.82, 2.24) is 4.90 Å². The topological polar surface area (TPSA) is 21.7 Å². The van der Waals surface area contributed by atoms with Crippen molar-refractivity contribution in [1.29, 1.82) is 0 Å². The second-order valence-electron chi connectivity index (χ2n) is 7.22. The Morgan fingerprint density at radius 2 is 1.73 bits per heavy atom. The third-order valence-corrected chi connectivity index (χ3v) is 6.11. The molecular formula is C25H24ClNO2S. The highest BCUT2D eigenvalue weighted by molar-refractivity contribution is 7.80. The molecule has 0 aromatic heterocycles. The molecule has 30 heavy (non-hydrogen) atoms. The molecule has 0 spiro atoms. The van der Waals surface area contributed by atoms with Crippen LogP contribution in [0.15, 0.2) is 66.7 Å². The maximum Gasteiger partial charge on any atom is 0.161 e. The van der Waals surface area contributed by atoms with Crippen molar-refractivity contribution in [3.8, 4) is 11.5 Å². The van der Waals surface area contributed by atoms with Crippen LogP contribution in [-0.2, 0) is 19.6 Å². The number of benzene rings is 3. The molecule has 0 aliphatic carbocycles. The first-order valence-electron chi connectivity index (χ1n) is 10.1. The summed E-state index contributed by atoms with van der Waals surface area (Å²) in [5.41, 5.74) is 4.66. The monoisotopic (exact) mass is 437 g/mol. The molecule has 1 aliphatic heterocycles. The Hall–Kier alpha value is -2.56. The summed E-state index contributed by atoms with van der Waals surface area (Å²) in [6.45, 7) is 4.65. The first kappa shape index (κ1) is 20.7. The number of fused-ring (bicyclic) bond motifs is 1. The summed E-state index contributed by atoms with van der Waals surface area (Å²) in [4.78, 5) is 3.09. The van der Waals surface area contributed by atoms with Crippen molar-refractivity contribution in [2.45, 2.75) is 26.5 Å². The number of hydrogen-bond donors (Lipinski definition) is 0. The molecule has 5 heteroatoms. The highest BCUT2D eigenvalue weighted by atomic mass is 35.5. The molecule has 0 fully saturated rings. The summed E-state index contributed by atoms with van der Waals surface area (Å²) in [5, 5.41) is 0.693. The van der Waals surface area contributed by atoms with Gasteiger partial charge in [-0.05, 0) is 48.7 Å². The SMILES string of the molecule is CCOc1cc(C(=S)N2CCc3ccccc3C2)ccc1OCc1ccccc1Cl. The molecular weight excluding hydrogens is 414 g/mol. The summed E-state index contributed by atoms with van der Waals surface area (Å²) in [5.74, 6) is 1.38. The molecule has 0 N–H and O–H groups in total. The molecule has 154 valence electrons. The summed E-state index contributed by atoms with van der Waals surface area (Å²) in [6, 6.07) is 22.2. The molecule has 0 saturated heterocycles. The van der Waals surface area contributed by atoms with Crippen LogP contribution in [0, 0.1) is 0 Å². The second kappa shape index (κ2) is 9.50. The molecule has 4 rings (SSSR count). The van der Waals surface area contributed by atoms with Gasteiger partial charge >= 0.3 is 0 Å². The predicted molar refractivity (Wildman–Crippen MR) is 126 cm³/mol. The number of ether oxygens (including phenoxy) is 2. The molecule has 1 aliphatic rings. The van der Waals surface area contributed by atoms with Crippen LogP contribution in [0.25, 0.3) is 0 Å². The first-order valence-corrected chi connectivity index (χ1v) is 10.9. The van der Waals surface area contributed by atoms with E-state index in [0.29, 0.717) is 29.7 Å². The average molecular weight is 438 g/mol. The zero-order valence-corrected chi connectivity index (χ0v) is 18.5. The van der Waals surface area contributed by atoms with E-state index in [9.17, 15) is 0 Å². The van der Waals surface area contributed by atoms with Crippen molar-refractivity contribution in [3.05, 3.63) is 94.0 Å². The van der Waals surface area contributed by atoms with E-state index in [1.165, 1.54) is 11.1 Å². The van der Waals surface area contributed by atoms with Crippen LogP contribution in [0.1, 0.15) is 29.2 Å². The molecule has 0 saturated carbocycles. The zero-order chi connectivity index (χ0) is 20.9. The van der Waals surface area contributed by atoms with Crippen LogP contribution >= 0.6 is 23.8 Å². The Labute approximate surface area is 188 Å². The third kappa shape index (κ3) is 4.61. The van der Waals surface area contributed by atoms with Crippen LogP contribution in [0.2, 0.25) is 5.02 Å². The van der Waals surface area contributed by atoms with Gasteiger partial charge in [-0.3, -0.25) is 0 Å². The fraction of sp³-hybridized carbons (Fsp3) is 0.240. The maximum atomic E-state index is 6.25. The molecule has 3 aromatic rings. The Bertz CT molecular complexity index is 1050. The van der Waals surface area contributed by atoms with Crippen LogP contribution in [0.3, 0.4) is 0 Å². The Balaban J connectivity index is 1.51. The molecule has 1 heterocycles. The number of halogens is 1. The summed E-state index contributed by atoms with van der Waals surface area (Å²) in [6.07, 6.45) is 1.01. The van der Waals surface area contributed by atoms with Gasteiger partial charge in [0.1, 0.15) is 11.6 Å². The average Bonchev–Trinajstić information content (AvgIpc) is 2.78. The van der Waals surface area contributed by atoms with Gasteiger partial charge in [0.2, 0.25) is 0 Å². The smallest absolute Gasteiger partial charge is 0.161 e. The molecule has 3 aromatic carbocycles. The van der Waals surface area contributed by atoms with Crippen molar-refractivity contribution >= 4 is 28.8 Å². The second-order valence-corrected chi connectivity index (χ2v) is 8.01. The van der Waals surface area contributed by atoms with Gasteiger partial charge in [0.15, 0.2) is 11.5 Å². The molecule has 0 atom stereocenters. The lowest BCUT2D eigenvalue weighted by Crippen LogP contribution is -2.35. The van der Waals surface area contributed by atoms with Crippen LogP contribution in [0.4, 0.5) is 0 Å². The molecule has 3 nitrogen and oxygen atoms in total. The molecule has 0 amide bonds. The fourth-order valence-electron chi connectivity index (χ4n) is 3.65. The van der Waals surface area contributed by atoms with Crippen LogP contribution in [0.5, 0.6) is 11.5 Å². The predicted octanol–water partition coefficient (Wildman–Crippen LogP) is 6.05. The van der Waals surface area contributed by atoms with Crippen molar-refractivity contribution in [2.75, 3.05) is 13.2 Å². The number of thiocarbonyl (C=S) groups is 1. The van der Waals surface area contributed by atoms with E-state index in [4.69, 9.17) is 33.3 Å². The first-order chi connectivity index (χ1) is 14.7. The number of hydrogen-bond acceptors (Lipinski definition) is 3. The third-order valence-electron chi connectivity index (χ3n) is 5.25. The normalized spacial score (nSPS) is 12.9. The fourth-order valence-corrected chi connectivity index (χ4v) is 4.12. The van der Waals surface area contributed by atoms with Gasteiger partial charge in [0, 0.05) is 29.2 Å². The van der Waals surface area contributed by atoms with Crippen molar-refractivity contribution in [2.24, 2.45) is 0 Å². The lowest BCUT2D eigenvalue weighted by atomic mass is 9.99. The van der Waals surface area contributed by atoms with Gasteiger partial charge in [-0.2, -0.15) is 0 Å². The van der Waals surface area contributed by atoms with Crippen LogP contribution in [-0.4, -0.2) is 23.0 Å². The van der Waals surface area contributed by atoms with Gasteiger partial charge in [-0.1, -0.05) is 66.3 Å². The minimum atomic E-state index is 0.381. The Morgan fingerprint density at radius 3 is 2.53 bits per heavy atom. The summed E-state index contributed by atoms with van der Waals surface area (Å²) >= 11 is 12.1. The lowest BCUT2D eigenvalue weighted by Gasteiger charge is -2.31. The standard InChI is InChI=1S/C25H24ClNO2S/c1-2-28-24-15-19(11-12-23(24)29-17-21-9-5-6-10-22(21)26)25(30)27-14-13-18-7-3-4-8-20(18)16-27/h3-12,15H,2,13-14,16-17H2,1H3.